The lowest BCUT2D eigenvalue weighted by Gasteiger charge is -2.11. The zero-order chi connectivity index (χ0) is 16.1. The van der Waals surface area contributed by atoms with Gasteiger partial charge in [0.2, 0.25) is 0 Å². The maximum atomic E-state index is 12.1. The summed E-state index contributed by atoms with van der Waals surface area (Å²) in [7, 11) is 0. The lowest BCUT2D eigenvalue weighted by Crippen LogP contribution is -2.23. The number of aromatic amines is 1. The van der Waals surface area contributed by atoms with Crippen molar-refractivity contribution in [2.24, 2.45) is 0 Å². The Bertz CT molecular complexity index is 797. The number of H-pyrrole nitrogens is 1. The van der Waals surface area contributed by atoms with Gasteiger partial charge in [0, 0.05) is 17.8 Å². The summed E-state index contributed by atoms with van der Waals surface area (Å²) in [6.07, 6.45) is 0. The molecule has 0 atom stereocenters. The lowest BCUT2D eigenvalue weighted by molar-refractivity contribution is 0.0945. The molecule has 0 aliphatic carbocycles. The van der Waals surface area contributed by atoms with Crippen LogP contribution >= 0.6 is 0 Å². The minimum Gasteiger partial charge on any atom is -0.457 e. The summed E-state index contributed by atoms with van der Waals surface area (Å²) in [6.45, 7) is 2.22. The molecule has 5 nitrogen and oxygen atoms in total. The number of carbonyl (C=O) groups excluding carboxylic acids is 1. The monoisotopic (exact) mass is 307 g/mol. The summed E-state index contributed by atoms with van der Waals surface area (Å²) in [5.41, 5.74) is 2.13. The van der Waals surface area contributed by atoms with E-state index < -0.39 is 0 Å². The Kier molecular flexibility index (Phi) is 4.38. The Morgan fingerprint density at radius 2 is 1.87 bits per heavy atom. The van der Waals surface area contributed by atoms with Gasteiger partial charge in [-0.2, -0.15) is 5.10 Å². The van der Waals surface area contributed by atoms with Gasteiger partial charge >= 0.3 is 0 Å². The first-order valence-electron chi connectivity index (χ1n) is 7.33. The smallest absolute Gasteiger partial charge is 0.272 e. The second kappa shape index (κ2) is 6.79. The Morgan fingerprint density at radius 3 is 2.61 bits per heavy atom. The Balaban J connectivity index is 1.69. The second-order valence-electron chi connectivity index (χ2n) is 5.14. The minimum atomic E-state index is -0.219. The topological polar surface area (TPSA) is 67.0 Å². The number of aryl methyl sites for hydroxylation is 1. The van der Waals surface area contributed by atoms with Crippen LogP contribution in [0, 0.1) is 6.92 Å². The average Bonchev–Trinajstić information content (AvgIpc) is 3.01. The van der Waals surface area contributed by atoms with Crippen molar-refractivity contribution in [2.45, 2.75) is 13.5 Å². The molecule has 23 heavy (non-hydrogen) atoms. The molecule has 3 rings (SSSR count). The summed E-state index contributed by atoms with van der Waals surface area (Å²) < 4.78 is 5.88. The molecule has 2 N–H and O–H groups in total. The van der Waals surface area contributed by atoms with Gasteiger partial charge in [0.15, 0.2) is 0 Å². The maximum Gasteiger partial charge on any atom is 0.272 e. The molecule has 0 saturated carbocycles. The standard InChI is InChI=1S/C18H17N3O2/c1-13-11-16(21-20-13)18(22)19-12-14-7-5-6-10-17(14)23-15-8-3-2-4-9-15/h2-11H,12H2,1H3,(H,19,22)(H,20,21). The summed E-state index contributed by atoms with van der Waals surface area (Å²) in [5.74, 6) is 1.26. The van der Waals surface area contributed by atoms with Crippen LogP contribution in [0.15, 0.2) is 60.7 Å². The van der Waals surface area contributed by atoms with Gasteiger partial charge in [-0.1, -0.05) is 36.4 Å². The first kappa shape index (κ1) is 14.8. The number of amides is 1. The third-order valence-electron chi connectivity index (χ3n) is 3.32. The van der Waals surface area contributed by atoms with Crippen molar-refractivity contribution < 1.29 is 9.53 Å². The molecule has 0 bridgehead atoms. The number of hydrogen-bond donors (Lipinski definition) is 2. The largest absolute Gasteiger partial charge is 0.457 e. The van der Waals surface area contributed by atoms with Gasteiger partial charge in [-0.05, 0) is 31.2 Å². The highest BCUT2D eigenvalue weighted by Crippen LogP contribution is 2.24. The summed E-state index contributed by atoms with van der Waals surface area (Å²) in [4.78, 5) is 12.1. The van der Waals surface area contributed by atoms with Crippen LogP contribution in [-0.4, -0.2) is 16.1 Å². The van der Waals surface area contributed by atoms with E-state index in [9.17, 15) is 4.79 Å². The molecule has 1 aromatic heterocycles. The Hall–Kier alpha value is -3.08. The molecule has 0 saturated heterocycles. The molecule has 0 spiro atoms. The number of rotatable bonds is 5. The van der Waals surface area contributed by atoms with Crippen molar-refractivity contribution in [3.05, 3.63) is 77.6 Å². The quantitative estimate of drug-likeness (QED) is 0.759. The number of nitrogens with one attached hydrogen (secondary N) is 2. The van der Waals surface area contributed by atoms with E-state index in [-0.39, 0.29) is 5.91 Å². The highest BCUT2D eigenvalue weighted by Gasteiger charge is 2.10. The van der Waals surface area contributed by atoms with Crippen LogP contribution in [0.4, 0.5) is 0 Å². The average molecular weight is 307 g/mol. The third kappa shape index (κ3) is 3.77. The Morgan fingerprint density at radius 1 is 1.13 bits per heavy atom. The summed E-state index contributed by atoms with van der Waals surface area (Å²) in [5, 5.41) is 9.56. The van der Waals surface area contributed by atoms with Gasteiger partial charge in [-0.15, -0.1) is 0 Å². The van der Waals surface area contributed by atoms with Crippen molar-refractivity contribution in [1.29, 1.82) is 0 Å². The molecule has 0 aliphatic rings. The van der Waals surface area contributed by atoms with Gasteiger partial charge in [0.1, 0.15) is 17.2 Å². The molecule has 0 unspecified atom stereocenters. The molecular formula is C18H17N3O2. The number of para-hydroxylation sites is 2. The zero-order valence-corrected chi connectivity index (χ0v) is 12.7. The molecule has 0 radical (unpaired) electrons. The number of aromatic nitrogens is 2. The predicted octanol–water partition coefficient (Wildman–Crippen LogP) is 3.44. The van der Waals surface area contributed by atoms with E-state index in [0.29, 0.717) is 12.2 Å². The lowest BCUT2D eigenvalue weighted by atomic mass is 10.2. The number of hydrogen-bond acceptors (Lipinski definition) is 3. The fourth-order valence-electron chi connectivity index (χ4n) is 2.17. The van der Waals surface area contributed by atoms with Crippen molar-refractivity contribution in [3.8, 4) is 11.5 Å². The number of ether oxygens (including phenoxy) is 1. The number of benzene rings is 2. The molecule has 2 aromatic carbocycles. The highest BCUT2D eigenvalue weighted by atomic mass is 16.5. The van der Waals surface area contributed by atoms with E-state index in [1.807, 2.05) is 61.5 Å². The van der Waals surface area contributed by atoms with Crippen LogP contribution in [0.5, 0.6) is 11.5 Å². The number of carbonyl (C=O) groups is 1. The van der Waals surface area contributed by atoms with Crippen molar-refractivity contribution in [3.63, 3.8) is 0 Å². The van der Waals surface area contributed by atoms with Gasteiger partial charge in [-0.25, -0.2) is 0 Å². The van der Waals surface area contributed by atoms with Gasteiger partial charge in [0.25, 0.3) is 5.91 Å². The molecule has 116 valence electrons. The number of nitrogens with zero attached hydrogens (tertiary/aromatic N) is 1. The van der Waals surface area contributed by atoms with E-state index in [4.69, 9.17) is 4.74 Å². The third-order valence-corrected chi connectivity index (χ3v) is 3.32. The summed E-state index contributed by atoms with van der Waals surface area (Å²) in [6, 6.07) is 18.9. The molecular weight excluding hydrogens is 290 g/mol. The van der Waals surface area contributed by atoms with E-state index in [1.165, 1.54) is 0 Å². The van der Waals surface area contributed by atoms with Crippen LogP contribution in [0.2, 0.25) is 0 Å². The van der Waals surface area contributed by atoms with E-state index in [2.05, 4.69) is 15.5 Å². The van der Waals surface area contributed by atoms with Crippen LogP contribution in [0.25, 0.3) is 0 Å². The summed E-state index contributed by atoms with van der Waals surface area (Å²) >= 11 is 0. The fourth-order valence-corrected chi connectivity index (χ4v) is 2.17. The van der Waals surface area contributed by atoms with Gasteiger partial charge < -0.3 is 10.1 Å². The van der Waals surface area contributed by atoms with Gasteiger partial charge in [-0.3, -0.25) is 9.89 Å². The van der Waals surface area contributed by atoms with E-state index in [0.717, 1.165) is 22.8 Å². The first-order valence-corrected chi connectivity index (χ1v) is 7.33. The van der Waals surface area contributed by atoms with E-state index in [1.54, 1.807) is 6.07 Å². The molecule has 0 aliphatic heterocycles. The van der Waals surface area contributed by atoms with Crippen LogP contribution < -0.4 is 10.1 Å². The zero-order valence-electron chi connectivity index (χ0n) is 12.7. The van der Waals surface area contributed by atoms with Crippen LogP contribution in [-0.2, 0) is 6.54 Å². The predicted molar refractivity (Wildman–Crippen MR) is 87.5 cm³/mol. The Labute approximate surface area is 134 Å². The highest BCUT2D eigenvalue weighted by molar-refractivity contribution is 5.92. The molecule has 0 fully saturated rings. The first-order chi connectivity index (χ1) is 11.2. The normalized spacial score (nSPS) is 10.3. The SMILES string of the molecule is Cc1cc(C(=O)NCc2ccccc2Oc2ccccc2)n[nH]1. The van der Waals surface area contributed by atoms with Gasteiger partial charge in [0.05, 0.1) is 0 Å². The van der Waals surface area contributed by atoms with E-state index >= 15 is 0 Å². The van der Waals surface area contributed by atoms with Crippen molar-refractivity contribution in [1.82, 2.24) is 15.5 Å². The second-order valence-corrected chi connectivity index (χ2v) is 5.14. The van der Waals surface area contributed by atoms with Crippen molar-refractivity contribution >= 4 is 5.91 Å². The molecule has 3 aromatic rings. The van der Waals surface area contributed by atoms with Crippen LogP contribution in [0.3, 0.4) is 0 Å². The molecule has 5 heteroatoms. The molecule has 1 heterocycles. The van der Waals surface area contributed by atoms with Crippen molar-refractivity contribution in [2.75, 3.05) is 0 Å². The molecule has 1 amide bonds. The minimum absolute atomic E-state index is 0.219. The van der Waals surface area contributed by atoms with Crippen LogP contribution in [0.1, 0.15) is 21.7 Å². The fraction of sp³-hybridized carbons (Fsp3) is 0.111. The maximum absolute atomic E-state index is 12.1.